The van der Waals surface area contributed by atoms with Crippen molar-refractivity contribution < 1.29 is 14.2 Å². The van der Waals surface area contributed by atoms with Crippen LogP contribution in [-0.4, -0.2) is 47.0 Å². The molecule has 0 aromatic heterocycles. The van der Waals surface area contributed by atoms with Crippen molar-refractivity contribution in [2.75, 3.05) is 45.9 Å². The Morgan fingerprint density at radius 1 is 1.05 bits per heavy atom. The summed E-state index contributed by atoms with van der Waals surface area (Å²) < 4.78 is 16.2. The molecule has 0 saturated carbocycles. The highest BCUT2D eigenvalue weighted by atomic mass is 16.5. The molecular weight excluding hydrogens is 256 g/mol. The minimum Gasteiger partial charge on any atom is -0.493 e. The van der Waals surface area contributed by atoms with Gasteiger partial charge in [-0.25, -0.2) is 0 Å². The van der Waals surface area contributed by atoms with E-state index in [1.807, 2.05) is 12.1 Å². The Bertz CT molecular complexity index is 426. The van der Waals surface area contributed by atoms with E-state index < -0.39 is 0 Å². The number of benzene rings is 1. The van der Waals surface area contributed by atoms with Crippen molar-refractivity contribution in [3.8, 4) is 17.2 Å². The monoisotopic (exact) mass is 280 g/mol. The average molecular weight is 280 g/mol. The van der Waals surface area contributed by atoms with Gasteiger partial charge in [0.2, 0.25) is 5.75 Å². The molecule has 0 radical (unpaired) electrons. The second kappa shape index (κ2) is 6.70. The lowest BCUT2D eigenvalue weighted by Gasteiger charge is -2.24. The van der Waals surface area contributed by atoms with Crippen molar-refractivity contribution in [1.29, 1.82) is 0 Å². The molecule has 0 spiro atoms. The molecule has 0 aliphatic carbocycles. The van der Waals surface area contributed by atoms with Crippen molar-refractivity contribution in [2.24, 2.45) is 0 Å². The van der Waals surface area contributed by atoms with Crippen molar-refractivity contribution in [3.63, 3.8) is 0 Å². The first-order valence-electron chi connectivity index (χ1n) is 6.98. The zero-order valence-electron chi connectivity index (χ0n) is 12.7. The van der Waals surface area contributed by atoms with E-state index in [-0.39, 0.29) is 0 Å². The molecule has 1 aromatic carbocycles. The summed E-state index contributed by atoms with van der Waals surface area (Å²) in [4.78, 5) is 2.35. The molecule has 5 heteroatoms. The van der Waals surface area contributed by atoms with Crippen LogP contribution in [0.4, 0.5) is 5.69 Å². The van der Waals surface area contributed by atoms with Gasteiger partial charge in [-0.15, -0.1) is 0 Å². The fraction of sp³-hybridized carbons (Fsp3) is 0.600. The Morgan fingerprint density at radius 3 is 2.25 bits per heavy atom. The summed E-state index contributed by atoms with van der Waals surface area (Å²) in [6.07, 6.45) is 1.12. The van der Waals surface area contributed by atoms with Crippen LogP contribution in [0.25, 0.3) is 0 Å². The Hall–Kier alpha value is -1.62. The molecule has 20 heavy (non-hydrogen) atoms. The summed E-state index contributed by atoms with van der Waals surface area (Å²) in [6, 6.07) is 4.58. The smallest absolute Gasteiger partial charge is 0.203 e. The maximum Gasteiger partial charge on any atom is 0.203 e. The molecule has 0 bridgehead atoms. The van der Waals surface area contributed by atoms with E-state index in [1.165, 1.54) is 0 Å². The summed E-state index contributed by atoms with van der Waals surface area (Å²) in [7, 11) is 4.91. The normalized spacial score (nSPS) is 19.4. The highest BCUT2D eigenvalue weighted by Crippen LogP contribution is 2.41. The molecule has 112 valence electrons. The zero-order valence-corrected chi connectivity index (χ0v) is 12.7. The van der Waals surface area contributed by atoms with Crippen LogP contribution in [-0.2, 0) is 0 Å². The molecule has 1 fully saturated rings. The largest absolute Gasteiger partial charge is 0.493 e. The minimum absolute atomic E-state index is 0.557. The van der Waals surface area contributed by atoms with E-state index in [0.29, 0.717) is 23.3 Å². The van der Waals surface area contributed by atoms with Gasteiger partial charge in [-0.2, -0.15) is 0 Å². The van der Waals surface area contributed by atoms with Crippen molar-refractivity contribution in [3.05, 3.63) is 12.1 Å². The minimum atomic E-state index is 0.557. The maximum atomic E-state index is 5.42. The van der Waals surface area contributed by atoms with Gasteiger partial charge in [0.15, 0.2) is 11.5 Å². The number of anilines is 1. The van der Waals surface area contributed by atoms with Gasteiger partial charge in [0.25, 0.3) is 0 Å². The Kier molecular flexibility index (Phi) is 4.95. The van der Waals surface area contributed by atoms with Crippen molar-refractivity contribution >= 4 is 5.69 Å². The number of hydrogen-bond donors (Lipinski definition) is 1. The fourth-order valence-corrected chi connectivity index (χ4v) is 2.52. The SMILES string of the molecule is COc1cc(N2CCNC(C)CC2)cc(OC)c1OC. The molecule has 1 aliphatic heterocycles. The Labute approximate surface area is 120 Å². The Balaban J connectivity index is 2.31. The van der Waals surface area contributed by atoms with Crippen LogP contribution in [0.15, 0.2) is 12.1 Å². The van der Waals surface area contributed by atoms with Gasteiger partial charge in [-0.05, 0) is 13.3 Å². The van der Waals surface area contributed by atoms with E-state index in [0.717, 1.165) is 31.7 Å². The standard InChI is InChI=1S/C15H24N2O3/c1-11-5-7-17(8-6-16-11)12-9-13(18-2)15(20-4)14(10-12)19-3/h9-11,16H,5-8H2,1-4H3. The van der Waals surface area contributed by atoms with Crippen LogP contribution in [0.2, 0.25) is 0 Å². The molecule has 1 heterocycles. The number of rotatable bonds is 4. The van der Waals surface area contributed by atoms with Gasteiger partial charge in [0.05, 0.1) is 21.3 Å². The third-order valence-electron chi connectivity index (χ3n) is 3.72. The van der Waals surface area contributed by atoms with Gasteiger partial charge < -0.3 is 24.4 Å². The van der Waals surface area contributed by atoms with Crippen LogP contribution in [0, 0.1) is 0 Å². The third-order valence-corrected chi connectivity index (χ3v) is 3.72. The van der Waals surface area contributed by atoms with Crippen LogP contribution in [0.5, 0.6) is 17.2 Å². The number of ether oxygens (including phenoxy) is 3. The molecule has 1 N–H and O–H groups in total. The van der Waals surface area contributed by atoms with Crippen LogP contribution in [0.3, 0.4) is 0 Å². The summed E-state index contributed by atoms with van der Waals surface area (Å²) in [6.45, 7) is 5.20. The second-order valence-electron chi connectivity index (χ2n) is 5.01. The van der Waals surface area contributed by atoms with Crippen LogP contribution >= 0.6 is 0 Å². The van der Waals surface area contributed by atoms with Gasteiger partial charge in [0, 0.05) is 43.5 Å². The van der Waals surface area contributed by atoms with Gasteiger partial charge in [-0.1, -0.05) is 0 Å². The summed E-state index contributed by atoms with van der Waals surface area (Å²) in [5, 5.41) is 3.50. The van der Waals surface area contributed by atoms with Gasteiger partial charge in [-0.3, -0.25) is 0 Å². The molecule has 1 aliphatic rings. The first-order valence-corrected chi connectivity index (χ1v) is 6.98. The molecule has 0 amide bonds. The predicted octanol–water partition coefficient (Wildman–Crippen LogP) is 1.90. The van der Waals surface area contributed by atoms with E-state index >= 15 is 0 Å². The zero-order chi connectivity index (χ0) is 14.5. The summed E-state index contributed by atoms with van der Waals surface area (Å²) in [5.41, 5.74) is 1.11. The van der Waals surface area contributed by atoms with E-state index in [9.17, 15) is 0 Å². The molecule has 1 atom stereocenters. The van der Waals surface area contributed by atoms with Gasteiger partial charge >= 0.3 is 0 Å². The first kappa shape index (κ1) is 14.8. The predicted molar refractivity (Wildman–Crippen MR) is 80.4 cm³/mol. The number of nitrogens with one attached hydrogen (secondary N) is 1. The lowest BCUT2D eigenvalue weighted by atomic mass is 10.2. The van der Waals surface area contributed by atoms with E-state index in [2.05, 4.69) is 17.1 Å². The Morgan fingerprint density at radius 2 is 1.70 bits per heavy atom. The molecule has 2 rings (SSSR count). The number of methoxy groups -OCH3 is 3. The first-order chi connectivity index (χ1) is 9.69. The van der Waals surface area contributed by atoms with Crippen LogP contribution in [0.1, 0.15) is 13.3 Å². The molecule has 5 nitrogen and oxygen atoms in total. The van der Waals surface area contributed by atoms with Crippen molar-refractivity contribution in [1.82, 2.24) is 5.32 Å². The highest BCUT2D eigenvalue weighted by molar-refractivity contribution is 5.63. The molecule has 1 saturated heterocycles. The lowest BCUT2D eigenvalue weighted by molar-refractivity contribution is 0.324. The quantitative estimate of drug-likeness (QED) is 0.912. The highest BCUT2D eigenvalue weighted by Gasteiger charge is 2.18. The van der Waals surface area contributed by atoms with E-state index in [4.69, 9.17) is 14.2 Å². The maximum absolute atomic E-state index is 5.42. The molecular formula is C15H24N2O3. The number of hydrogen-bond acceptors (Lipinski definition) is 5. The van der Waals surface area contributed by atoms with Crippen molar-refractivity contribution in [2.45, 2.75) is 19.4 Å². The summed E-state index contributed by atoms with van der Waals surface area (Å²) >= 11 is 0. The third kappa shape index (κ3) is 3.10. The number of nitrogens with zero attached hydrogens (tertiary/aromatic N) is 1. The van der Waals surface area contributed by atoms with E-state index in [1.54, 1.807) is 21.3 Å². The lowest BCUT2D eigenvalue weighted by Crippen LogP contribution is -2.29. The topological polar surface area (TPSA) is 43.0 Å². The van der Waals surface area contributed by atoms with Gasteiger partial charge in [0.1, 0.15) is 0 Å². The van der Waals surface area contributed by atoms with Crippen LogP contribution < -0.4 is 24.4 Å². The second-order valence-corrected chi connectivity index (χ2v) is 5.01. The molecule has 1 unspecified atom stereocenters. The average Bonchev–Trinajstić information content (AvgIpc) is 2.70. The molecule has 1 aromatic rings. The summed E-state index contributed by atoms with van der Waals surface area (Å²) in [5.74, 6) is 2.04. The fourth-order valence-electron chi connectivity index (χ4n) is 2.52.